The van der Waals surface area contributed by atoms with Crippen LogP contribution < -0.4 is 9.64 Å². The summed E-state index contributed by atoms with van der Waals surface area (Å²) < 4.78 is 5.89. The van der Waals surface area contributed by atoms with Crippen molar-refractivity contribution in [1.82, 2.24) is 0 Å². The number of nitrogens with one attached hydrogen (secondary N) is 1. The van der Waals surface area contributed by atoms with Crippen LogP contribution in [0.2, 0.25) is 0 Å². The fourth-order valence-corrected chi connectivity index (χ4v) is 3.47. The molecule has 1 aromatic rings. The summed E-state index contributed by atoms with van der Waals surface area (Å²) in [6, 6.07) is 8.85. The average molecular weight is 306 g/mol. The Morgan fingerprint density at radius 2 is 1.86 bits per heavy atom. The highest BCUT2D eigenvalue weighted by Gasteiger charge is 2.23. The molecule has 0 aliphatic heterocycles. The van der Waals surface area contributed by atoms with Crippen LogP contribution in [0.3, 0.4) is 0 Å². The van der Waals surface area contributed by atoms with E-state index in [1.807, 2.05) is 18.2 Å². The predicted molar refractivity (Wildman–Crippen MR) is 90.7 cm³/mol. The van der Waals surface area contributed by atoms with Gasteiger partial charge in [0, 0.05) is 0 Å². The van der Waals surface area contributed by atoms with E-state index in [9.17, 15) is 5.11 Å². The third kappa shape index (κ3) is 4.99. The molecule has 1 fully saturated rings. The number of aliphatic hydroxyl groups excluding tert-OH is 1. The van der Waals surface area contributed by atoms with Gasteiger partial charge in [0.15, 0.2) is 0 Å². The lowest BCUT2D eigenvalue weighted by molar-refractivity contribution is -0.910. The minimum Gasteiger partial charge on any atom is -0.490 e. The lowest BCUT2D eigenvalue weighted by Crippen LogP contribution is -3.14. The molecular formula is C19H32NO2+. The van der Waals surface area contributed by atoms with E-state index >= 15 is 0 Å². The maximum atomic E-state index is 10.3. The molecule has 1 saturated carbocycles. The second kappa shape index (κ2) is 8.54. The number of likely N-dealkylation sites (N-methyl/N-ethyl adjacent to an activating group) is 1. The van der Waals surface area contributed by atoms with Crippen molar-refractivity contribution in [2.45, 2.75) is 64.0 Å². The molecule has 1 aliphatic rings. The fourth-order valence-electron chi connectivity index (χ4n) is 3.47. The molecule has 0 aromatic heterocycles. The molecule has 1 aliphatic carbocycles. The van der Waals surface area contributed by atoms with Crippen LogP contribution in [0.4, 0.5) is 0 Å². The molecule has 0 amide bonds. The Morgan fingerprint density at radius 3 is 2.55 bits per heavy atom. The molecule has 2 N–H and O–H groups in total. The van der Waals surface area contributed by atoms with E-state index in [0.717, 1.165) is 12.3 Å². The van der Waals surface area contributed by atoms with Crippen molar-refractivity contribution in [3.63, 3.8) is 0 Å². The first-order valence-corrected chi connectivity index (χ1v) is 8.80. The lowest BCUT2D eigenvalue weighted by Gasteiger charge is -2.29. The summed E-state index contributed by atoms with van der Waals surface area (Å²) in [6.45, 7) is 5.49. The average Bonchev–Trinajstić information content (AvgIpc) is 2.54. The lowest BCUT2D eigenvalue weighted by atomic mass is 9.94. The van der Waals surface area contributed by atoms with Crippen molar-refractivity contribution in [2.75, 3.05) is 20.2 Å². The Hall–Kier alpha value is -1.06. The number of hydrogen-bond acceptors (Lipinski definition) is 2. The van der Waals surface area contributed by atoms with E-state index in [1.165, 1.54) is 42.6 Å². The van der Waals surface area contributed by atoms with Crippen LogP contribution >= 0.6 is 0 Å². The highest BCUT2D eigenvalue weighted by atomic mass is 16.5. The molecule has 1 aromatic carbocycles. The van der Waals surface area contributed by atoms with Gasteiger partial charge in [-0.2, -0.15) is 0 Å². The third-order valence-corrected chi connectivity index (χ3v) is 4.83. The second-order valence-corrected chi connectivity index (χ2v) is 7.04. The van der Waals surface area contributed by atoms with Crippen LogP contribution in [-0.2, 0) is 0 Å². The zero-order valence-electron chi connectivity index (χ0n) is 14.3. The van der Waals surface area contributed by atoms with E-state index in [4.69, 9.17) is 4.74 Å². The SMILES string of the molecule is CC(C)c1ccccc1OC[C@H](O)C[NH+](C)C1CCCCC1. The van der Waals surface area contributed by atoms with E-state index in [-0.39, 0.29) is 0 Å². The van der Waals surface area contributed by atoms with Crippen molar-refractivity contribution in [1.29, 1.82) is 0 Å². The molecular weight excluding hydrogens is 274 g/mol. The first-order chi connectivity index (χ1) is 10.6. The van der Waals surface area contributed by atoms with Crippen LogP contribution in [0, 0.1) is 0 Å². The standard InChI is InChI=1S/C19H31NO2/c1-15(2)18-11-7-8-12-19(18)22-14-17(21)13-20(3)16-9-5-4-6-10-16/h7-8,11-12,15-17,21H,4-6,9-10,13-14H2,1-3H3/p+1/t17-/m1/s1. The molecule has 0 heterocycles. The van der Waals surface area contributed by atoms with Gasteiger partial charge in [-0.1, -0.05) is 38.5 Å². The molecule has 2 rings (SSSR count). The summed E-state index contributed by atoms with van der Waals surface area (Å²) >= 11 is 0. The monoisotopic (exact) mass is 306 g/mol. The highest BCUT2D eigenvalue weighted by Crippen LogP contribution is 2.25. The number of quaternary nitrogens is 1. The Kier molecular flexibility index (Phi) is 6.71. The Balaban J connectivity index is 1.81. The second-order valence-electron chi connectivity index (χ2n) is 7.04. The van der Waals surface area contributed by atoms with Crippen LogP contribution in [0.5, 0.6) is 5.75 Å². The minimum absolute atomic E-state index is 0.383. The molecule has 22 heavy (non-hydrogen) atoms. The zero-order chi connectivity index (χ0) is 15.9. The molecule has 3 heteroatoms. The Morgan fingerprint density at radius 1 is 1.18 bits per heavy atom. The zero-order valence-corrected chi connectivity index (χ0v) is 14.3. The smallest absolute Gasteiger partial charge is 0.137 e. The summed E-state index contributed by atoms with van der Waals surface area (Å²) in [7, 11) is 2.21. The quantitative estimate of drug-likeness (QED) is 0.811. The predicted octanol–water partition coefficient (Wildman–Crippen LogP) is 2.40. The van der Waals surface area contributed by atoms with Crippen molar-refractivity contribution in [3.8, 4) is 5.75 Å². The highest BCUT2D eigenvalue weighted by molar-refractivity contribution is 5.35. The van der Waals surface area contributed by atoms with Crippen LogP contribution in [0.15, 0.2) is 24.3 Å². The van der Waals surface area contributed by atoms with E-state index < -0.39 is 6.10 Å². The van der Waals surface area contributed by atoms with Crippen LogP contribution in [-0.4, -0.2) is 37.5 Å². The van der Waals surface area contributed by atoms with Gasteiger partial charge in [0.05, 0.1) is 13.1 Å². The van der Waals surface area contributed by atoms with Gasteiger partial charge < -0.3 is 14.7 Å². The number of hydrogen-bond donors (Lipinski definition) is 2. The fraction of sp³-hybridized carbons (Fsp3) is 0.684. The summed E-state index contributed by atoms with van der Waals surface area (Å²) in [5.41, 5.74) is 1.21. The first kappa shape index (κ1) is 17.3. The molecule has 124 valence electrons. The number of rotatable bonds is 7. The number of ether oxygens (including phenoxy) is 1. The van der Waals surface area contributed by atoms with Gasteiger partial charge in [0.1, 0.15) is 25.0 Å². The van der Waals surface area contributed by atoms with Gasteiger partial charge in [-0.3, -0.25) is 0 Å². The van der Waals surface area contributed by atoms with Gasteiger partial charge in [-0.25, -0.2) is 0 Å². The first-order valence-electron chi connectivity index (χ1n) is 8.80. The number of benzene rings is 1. The van der Waals surface area contributed by atoms with Crippen LogP contribution in [0.25, 0.3) is 0 Å². The van der Waals surface area contributed by atoms with Crippen molar-refractivity contribution in [2.24, 2.45) is 0 Å². The maximum Gasteiger partial charge on any atom is 0.137 e. The Labute approximate surface area is 135 Å². The summed E-state index contributed by atoms with van der Waals surface area (Å²) in [5.74, 6) is 1.34. The summed E-state index contributed by atoms with van der Waals surface area (Å²) in [6.07, 6.45) is 6.27. The van der Waals surface area contributed by atoms with Crippen molar-refractivity contribution in [3.05, 3.63) is 29.8 Å². The van der Waals surface area contributed by atoms with Gasteiger partial charge in [0.25, 0.3) is 0 Å². The molecule has 3 nitrogen and oxygen atoms in total. The van der Waals surface area contributed by atoms with Crippen molar-refractivity contribution >= 4 is 0 Å². The van der Waals surface area contributed by atoms with Gasteiger partial charge in [0.2, 0.25) is 0 Å². The number of para-hydroxylation sites is 1. The summed E-state index contributed by atoms with van der Waals surface area (Å²) in [5, 5.41) is 10.3. The molecule has 0 radical (unpaired) electrons. The summed E-state index contributed by atoms with van der Waals surface area (Å²) in [4.78, 5) is 1.45. The molecule has 0 saturated heterocycles. The van der Waals surface area contributed by atoms with E-state index in [2.05, 4.69) is 27.0 Å². The normalized spacial score (nSPS) is 19.1. The molecule has 2 atom stereocenters. The number of aliphatic hydroxyl groups is 1. The Bertz CT molecular complexity index is 441. The van der Waals surface area contributed by atoms with Crippen molar-refractivity contribution < 1.29 is 14.7 Å². The maximum absolute atomic E-state index is 10.3. The van der Waals surface area contributed by atoms with E-state index in [0.29, 0.717) is 18.6 Å². The third-order valence-electron chi connectivity index (χ3n) is 4.83. The van der Waals surface area contributed by atoms with Gasteiger partial charge in [-0.15, -0.1) is 0 Å². The van der Waals surface area contributed by atoms with Gasteiger partial charge in [-0.05, 0) is 43.2 Å². The van der Waals surface area contributed by atoms with E-state index in [1.54, 1.807) is 0 Å². The molecule has 0 spiro atoms. The minimum atomic E-state index is -0.401. The molecule has 0 bridgehead atoms. The van der Waals surface area contributed by atoms with Gasteiger partial charge >= 0.3 is 0 Å². The van der Waals surface area contributed by atoms with Crippen LogP contribution in [0.1, 0.15) is 57.4 Å². The largest absolute Gasteiger partial charge is 0.490 e. The molecule has 1 unspecified atom stereocenters. The topological polar surface area (TPSA) is 33.9 Å².